The highest BCUT2D eigenvalue weighted by Crippen LogP contribution is 2.58. The summed E-state index contributed by atoms with van der Waals surface area (Å²) in [6.45, 7) is 8.36. The lowest BCUT2D eigenvalue weighted by Gasteiger charge is -2.42. The van der Waals surface area contributed by atoms with Crippen molar-refractivity contribution in [2.45, 2.75) is 65.9 Å². The number of fused-ring (bicyclic) bond motifs is 1. The van der Waals surface area contributed by atoms with Crippen LogP contribution in [0.2, 0.25) is 0 Å². The Bertz CT molecular complexity index is 358. The zero-order chi connectivity index (χ0) is 13.3. The molecule has 2 aliphatic rings. The molecule has 0 spiro atoms. The molecule has 4 atom stereocenters. The second-order valence-corrected chi connectivity index (χ2v) is 6.15. The third-order valence-corrected chi connectivity index (χ3v) is 5.21. The van der Waals surface area contributed by atoms with Crippen molar-refractivity contribution in [3.05, 3.63) is 11.6 Å². The van der Waals surface area contributed by atoms with Gasteiger partial charge in [0.25, 0.3) is 0 Å². The number of rotatable bonds is 2. The van der Waals surface area contributed by atoms with Gasteiger partial charge in [0.1, 0.15) is 6.10 Å². The molecule has 102 valence electrons. The lowest BCUT2D eigenvalue weighted by molar-refractivity contribution is -0.153. The van der Waals surface area contributed by atoms with Crippen molar-refractivity contribution >= 4 is 5.97 Å². The van der Waals surface area contributed by atoms with Crippen LogP contribution in [0.25, 0.3) is 0 Å². The molecular formula is C16H26O2. The minimum Gasteiger partial charge on any atom is -0.462 e. The van der Waals surface area contributed by atoms with Gasteiger partial charge in [-0.2, -0.15) is 0 Å². The largest absolute Gasteiger partial charge is 0.462 e. The maximum atomic E-state index is 11.3. The van der Waals surface area contributed by atoms with Crippen LogP contribution in [0, 0.1) is 17.3 Å². The molecule has 0 amide bonds. The van der Waals surface area contributed by atoms with Crippen molar-refractivity contribution in [1.82, 2.24) is 0 Å². The second kappa shape index (κ2) is 5.07. The van der Waals surface area contributed by atoms with Crippen LogP contribution in [0.1, 0.15) is 59.8 Å². The minimum atomic E-state index is -0.119. The van der Waals surface area contributed by atoms with E-state index in [0.29, 0.717) is 11.8 Å². The van der Waals surface area contributed by atoms with Gasteiger partial charge in [-0.05, 0) is 50.4 Å². The van der Waals surface area contributed by atoms with E-state index in [-0.39, 0.29) is 17.5 Å². The highest BCUT2D eigenvalue weighted by atomic mass is 16.5. The molecule has 2 rings (SSSR count). The smallest absolute Gasteiger partial charge is 0.302 e. The number of carbonyl (C=O) groups is 1. The van der Waals surface area contributed by atoms with Crippen molar-refractivity contribution < 1.29 is 9.53 Å². The number of carbonyl (C=O) groups excluding carboxylic acids is 1. The Balaban J connectivity index is 2.27. The van der Waals surface area contributed by atoms with Gasteiger partial charge in [-0.1, -0.05) is 25.5 Å². The maximum absolute atomic E-state index is 11.3. The fourth-order valence-corrected chi connectivity index (χ4v) is 4.44. The summed E-state index contributed by atoms with van der Waals surface area (Å²) < 4.78 is 5.59. The first kappa shape index (κ1) is 13.6. The van der Waals surface area contributed by atoms with Crippen molar-refractivity contribution in [3.8, 4) is 0 Å². The lowest BCUT2D eigenvalue weighted by atomic mass is 9.66. The molecule has 2 fully saturated rings. The highest BCUT2D eigenvalue weighted by Gasteiger charge is 2.52. The van der Waals surface area contributed by atoms with Crippen LogP contribution in [0.5, 0.6) is 0 Å². The van der Waals surface area contributed by atoms with Crippen LogP contribution in [0.4, 0.5) is 0 Å². The Kier molecular flexibility index (Phi) is 3.84. The molecule has 0 aromatic rings. The molecule has 2 saturated carbocycles. The van der Waals surface area contributed by atoms with E-state index in [1.165, 1.54) is 32.6 Å². The average Bonchev–Trinajstić information content (AvgIpc) is 2.61. The van der Waals surface area contributed by atoms with E-state index in [4.69, 9.17) is 4.74 Å². The van der Waals surface area contributed by atoms with Gasteiger partial charge >= 0.3 is 5.97 Å². The summed E-state index contributed by atoms with van der Waals surface area (Å²) in [4.78, 5) is 11.3. The average molecular weight is 250 g/mol. The zero-order valence-corrected chi connectivity index (χ0v) is 12.2. The zero-order valence-electron chi connectivity index (χ0n) is 12.2. The maximum Gasteiger partial charge on any atom is 0.302 e. The first-order valence-electron chi connectivity index (χ1n) is 7.36. The van der Waals surface area contributed by atoms with E-state index < -0.39 is 0 Å². The molecule has 0 aromatic carbocycles. The molecule has 0 aliphatic heterocycles. The Morgan fingerprint density at radius 2 is 2.28 bits per heavy atom. The molecule has 0 radical (unpaired) electrons. The minimum absolute atomic E-state index is 0.119. The standard InChI is InChI=1S/C16H26O2/c1-5-12-10-14-15(18-11(3)17)8-7-9-16(14,4)13(12)6-2/h6,12,14-15H,5,7-10H2,1-4H3/b13-6+. The predicted octanol–water partition coefficient (Wildman–Crippen LogP) is 4.10. The third-order valence-electron chi connectivity index (χ3n) is 5.21. The second-order valence-electron chi connectivity index (χ2n) is 6.15. The molecule has 0 aromatic heterocycles. The van der Waals surface area contributed by atoms with Crippen molar-refractivity contribution in [3.63, 3.8) is 0 Å². The van der Waals surface area contributed by atoms with E-state index in [0.717, 1.165) is 6.42 Å². The van der Waals surface area contributed by atoms with Crippen molar-refractivity contribution in [2.75, 3.05) is 0 Å². The molecular weight excluding hydrogens is 224 g/mol. The molecule has 4 unspecified atom stereocenters. The van der Waals surface area contributed by atoms with Gasteiger partial charge < -0.3 is 4.74 Å². The number of esters is 1. The van der Waals surface area contributed by atoms with Gasteiger partial charge in [-0.25, -0.2) is 0 Å². The first-order chi connectivity index (χ1) is 8.52. The van der Waals surface area contributed by atoms with E-state index in [2.05, 4.69) is 26.8 Å². The molecule has 18 heavy (non-hydrogen) atoms. The number of hydrogen-bond acceptors (Lipinski definition) is 2. The van der Waals surface area contributed by atoms with E-state index in [1.807, 2.05) is 0 Å². The highest BCUT2D eigenvalue weighted by molar-refractivity contribution is 5.66. The molecule has 0 N–H and O–H groups in total. The summed E-state index contributed by atoms with van der Waals surface area (Å²) in [5.74, 6) is 1.11. The molecule has 0 saturated heterocycles. The fourth-order valence-electron chi connectivity index (χ4n) is 4.44. The Morgan fingerprint density at radius 3 is 2.83 bits per heavy atom. The van der Waals surface area contributed by atoms with Crippen LogP contribution < -0.4 is 0 Å². The SMILES string of the molecule is C/C=C1\C(CC)CC2C(OC(C)=O)CCCC12C. The topological polar surface area (TPSA) is 26.3 Å². The summed E-state index contributed by atoms with van der Waals surface area (Å²) in [7, 11) is 0. The molecule has 2 nitrogen and oxygen atoms in total. The Labute approximate surface area is 111 Å². The van der Waals surface area contributed by atoms with Gasteiger partial charge in [0.15, 0.2) is 0 Å². The lowest BCUT2D eigenvalue weighted by Crippen LogP contribution is -2.39. The fraction of sp³-hybridized carbons (Fsp3) is 0.812. The number of ether oxygens (including phenoxy) is 1. The van der Waals surface area contributed by atoms with Crippen LogP contribution >= 0.6 is 0 Å². The molecule has 0 bridgehead atoms. The monoisotopic (exact) mass is 250 g/mol. The summed E-state index contributed by atoms with van der Waals surface area (Å²) >= 11 is 0. The van der Waals surface area contributed by atoms with Gasteiger partial charge in [0.2, 0.25) is 0 Å². The van der Waals surface area contributed by atoms with E-state index in [9.17, 15) is 4.79 Å². The number of hydrogen-bond donors (Lipinski definition) is 0. The number of allylic oxidation sites excluding steroid dienone is 2. The van der Waals surface area contributed by atoms with Crippen molar-refractivity contribution in [1.29, 1.82) is 0 Å². The summed E-state index contributed by atoms with van der Waals surface area (Å²) in [6.07, 6.45) is 8.36. The van der Waals surface area contributed by atoms with Gasteiger partial charge in [-0.3, -0.25) is 4.79 Å². The summed E-state index contributed by atoms with van der Waals surface area (Å²) in [5, 5.41) is 0. The van der Waals surface area contributed by atoms with E-state index >= 15 is 0 Å². The van der Waals surface area contributed by atoms with Crippen molar-refractivity contribution in [2.24, 2.45) is 17.3 Å². The normalized spacial score (nSPS) is 41.8. The quantitative estimate of drug-likeness (QED) is 0.545. The van der Waals surface area contributed by atoms with Crippen LogP contribution in [0.3, 0.4) is 0 Å². The first-order valence-corrected chi connectivity index (χ1v) is 7.36. The van der Waals surface area contributed by atoms with E-state index in [1.54, 1.807) is 5.57 Å². The summed E-state index contributed by atoms with van der Waals surface area (Å²) in [6, 6.07) is 0. The van der Waals surface area contributed by atoms with Gasteiger partial charge in [-0.15, -0.1) is 0 Å². The summed E-state index contributed by atoms with van der Waals surface area (Å²) in [5.41, 5.74) is 1.89. The molecule has 0 heterocycles. The van der Waals surface area contributed by atoms with Crippen LogP contribution in [-0.2, 0) is 9.53 Å². The van der Waals surface area contributed by atoms with Gasteiger partial charge in [0, 0.05) is 12.8 Å². The van der Waals surface area contributed by atoms with Gasteiger partial charge in [0.05, 0.1) is 0 Å². The van der Waals surface area contributed by atoms with Crippen LogP contribution in [-0.4, -0.2) is 12.1 Å². The molecule has 2 aliphatic carbocycles. The third kappa shape index (κ3) is 2.10. The molecule has 2 heteroatoms. The predicted molar refractivity (Wildman–Crippen MR) is 73.2 cm³/mol. The van der Waals surface area contributed by atoms with Crippen LogP contribution in [0.15, 0.2) is 11.6 Å². The Hall–Kier alpha value is -0.790. The Morgan fingerprint density at radius 1 is 1.56 bits per heavy atom.